The molecule has 1 aromatic carbocycles. The van der Waals surface area contributed by atoms with Crippen LogP contribution in [0.3, 0.4) is 0 Å². The molecule has 0 spiro atoms. The zero-order valence-electron chi connectivity index (χ0n) is 7.78. The Morgan fingerprint density at radius 1 is 1.43 bits per heavy atom. The first-order valence-corrected chi connectivity index (χ1v) is 5.78. The lowest BCUT2D eigenvalue weighted by Gasteiger charge is -2.17. The molecule has 0 saturated heterocycles. The van der Waals surface area contributed by atoms with E-state index < -0.39 is 10.0 Å². The number of benzene rings is 1. The van der Waals surface area contributed by atoms with Gasteiger partial charge < -0.3 is 4.74 Å². The van der Waals surface area contributed by atoms with Crippen LogP contribution in [0.15, 0.2) is 23.1 Å². The van der Waals surface area contributed by atoms with Crippen molar-refractivity contribution in [2.24, 2.45) is 0 Å². The van der Waals surface area contributed by atoms with Crippen molar-refractivity contribution in [1.82, 2.24) is 4.72 Å². The smallest absolute Gasteiger partial charge is 0.240 e. The fraction of sp³-hybridized carbons (Fsp3) is 0.333. The minimum Gasteiger partial charge on any atom is -0.497 e. The number of nitrogens with one attached hydrogen (secondary N) is 1. The van der Waals surface area contributed by atoms with E-state index in [1.54, 1.807) is 25.3 Å². The van der Waals surface area contributed by atoms with Gasteiger partial charge in [-0.15, -0.1) is 0 Å². The van der Waals surface area contributed by atoms with Gasteiger partial charge in [0.1, 0.15) is 5.75 Å². The second kappa shape index (κ2) is 3.25. The molecule has 14 heavy (non-hydrogen) atoms. The molecule has 1 heterocycles. The monoisotopic (exact) mass is 213 g/mol. The van der Waals surface area contributed by atoms with Gasteiger partial charge in [0, 0.05) is 6.54 Å². The molecular formula is C9H11NO3S. The van der Waals surface area contributed by atoms with Crippen LogP contribution in [-0.2, 0) is 16.4 Å². The van der Waals surface area contributed by atoms with Crippen LogP contribution in [0, 0.1) is 0 Å². The first-order valence-electron chi connectivity index (χ1n) is 4.30. The van der Waals surface area contributed by atoms with Crippen molar-refractivity contribution in [1.29, 1.82) is 0 Å². The van der Waals surface area contributed by atoms with Crippen molar-refractivity contribution in [3.05, 3.63) is 23.8 Å². The Balaban J connectivity index is 2.58. The molecule has 0 saturated carbocycles. The zero-order valence-corrected chi connectivity index (χ0v) is 8.60. The Bertz CT molecular complexity index is 453. The molecule has 0 amide bonds. The number of methoxy groups -OCH3 is 1. The third-order valence-electron chi connectivity index (χ3n) is 2.24. The maximum atomic E-state index is 11.5. The number of hydrogen-bond donors (Lipinski definition) is 1. The minimum atomic E-state index is -3.27. The quantitative estimate of drug-likeness (QED) is 0.740. The fourth-order valence-corrected chi connectivity index (χ4v) is 2.82. The van der Waals surface area contributed by atoms with Gasteiger partial charge in [0.15, 0.2) is 0 Å². The van der Waals surface area contributed by atoms with E-state index in [9.17, 15) is 8.42 Å². The summed E-state index contributed by atoms with van der Waals surface area (Å²) in [5.41, 5.74) is 0.822. The molecule has 76 valence electrons. The van der Waals surface area contributed by atoms with Gasteiger partial charge in [-0.1, -0.05) is 0 Å². The van der Waals surface area contributed by atoms with Gasteiger partial charge in [-0.3, -0.25) is 0 Å². The normalized spacial score (nSPS) is 18.6. The molecule has 1 aliphatic heterocycles. The van der Waals surface area contributed by atoms with Gasteiger partial charge in [0.25, 0.3) is 0 Å². The van der Waals surface area contributed by atoms with Gasteiger partial charge in [-0.25, -0.2) is 13.1 Å². The Morgan fingerprint density at radius 2 is 2.21 bits per heavy atom. The van der Waals surface area contributed by atoms with Crippen molar-refractivity contribution < 1.29 is 13.2 Å². The van der Waals surface area contributed by atoms with Crippen LogP contribution in [0.5, 0.6) is 5.75 Å². The van der Waals surface area contributed by atoms with E-state index in [1.807, 2.05) is 0 Å². The number of fused-ring (bicyclic) bond motifs is 1. The summed E-state index contributed by atoms with van der Waals surface area (Å²) in [4.78, 5) is 0.365. The summed E-state index contributed by atoms with van der Waals surface area (Å²) in [5, 5.41) is 0. The highest BCUT2D eigenvalue weighted by atomic mass is 32.2. The lowest BCUT2D eigenvalue weighted by molar-refractivity contribution is 0.413. The standard InChI is InChI=1S/C9H11NO3S/c1-13-8-2-3-9-7(6-8)4-5-10-14(9,11)12/h2-3,6,10H,4-5H2,1H3. The maximum Gasteiger partial charge on any atom is 0.240 e. The van der Waals surface area contributed by atoms with E-state index in [2.05, 4.69) is 4.72 Å². The molecule has 5 heteroatoms. The molecule has 0 aromatic heterocycles. The van der Waals surface area contributed by atoms with E-state index >= 15 is 0 Å². The van der Waals surface area contributed by atoms with Crippen LogP contribution in [0.4, 0.5) is 0 Å². The van der Waals surface area contributed by atoms with E-state index in [4.69, 9.17) is 4.74 Å². The summed E-state index contributed by atoms with van der Waals surface area (Å²) >= 11 is 0. The van der Waals surface area contributed by atoms with Gasteiger partial charge in [0.2, 0.25) is 10.0 Å². The highest BCUT2D eigenvalue weighted by Crippen LogP contribution is 2.24. The summed E-state index contributed by atoms with van der Waals surface area (Å²) in [6.07, 6.45) is 0.714. The predicted molar refractivity (Wildman–Crippen MR) is 51.9 cm³/mol. The highest BCUT2D eigenvalue weighted by molar-refractivity contribution is 7.89. The average molecular weight is 213 g/mol. The average Bonchev–Trinajstić information content (AvgIpc) is 2.16. The molecule has 1 aromatic rings. The lowest BCUT2D eigenvalue weighted by Crippen LogP contribution is -2.31. The lowest BCUT2D eigenvalue weighted by atomic mass is 10.1. The van der Waals surface area contributed by atoms with Crippen molar-refractivity contribution in [3.63, 3.8) is 0 Å². The Labute approximate surface area is 82.9 Å². The molecule has 4 nitrogen and oxygen atoms in total. The molecule has 1 N–H and O–H groups in total. The third-order valence-corrected chi connectivity index (χ3v) is 3.81. The summed E-state index contributed by atoms with van der Waals surface area (Å²) in [7, 11) is -1.71. The zero-order chi connectivity index (χ0) is 10.2. The summed E-state index contributed by atoms with van der Waals surface area (Å²) in [6, 6.07) is 5.01. The molecule has 1 aliphatic rings. The van der Waals surface area contributed by atoms with E-state index in [0.717, 1.165) is 5.56 Å². The Morgan fingerprint density at radius 3 is 2.93 bits per heavy atom. The number of rotatable bonds is 1. The van der Waals surface area contributed by atoms with Gasteiger partial charge in [-0.05, 0) is 30.2 Å². The van der Waals surface area contributed by atoms with Crippen molar-refractivity contribution in [2.75, 3.05) is 13.7 Å². The molecule has 2 rings (SSSR count). The molecule has 0 fully saturated rings. The Kier molecular flexibility index (Phi) is 2.20. The SMILES string of the molecule is COc1ccc2c(c1)CCNS2(=O)=O. The third kappa shape index (κ3) is 1.49. The first kappa shape index (κ1) is 9.48. The molecule has 0 unspecified atom stereocenters. The van der Waals surface area contributed by atoms with E-state index in [0.29, 0.717) is 23.6 Å². The Hall–Kier alpha value is -1.07. The van der Waals surface area contributed by atoms with Crippen LogP contribution in [0.1, 0.15) is 5.56 Å². The summed E-state index contributed by atoms with van der Waals surface area (Å²) in [5.74, 6) is 0.695. The van der Waals surface area contributed by atoms with Crippen LogP contribution in [0.25, 0.3) is 0 Å². The maximum absolute atomic E-state index is 11.5. The van der Waals surface area contributed by atoms with Crippen LogP contribution in [0.2, 0.25) is 0 Å². The number of hydrogen-bond acceptors (Lipinski definition) is 3. The second-order valence-electron chi connectivity index (χ2n) is 3.12. The summed E-state index contributed by atoms with van der Waals surface area (Å²) in [6.45, 7) is 0.461. The van der Waals surface area contributed by atoms with Crippen LogP contribution >= 0.6 is 0 Å². The first-order chi connectivity index (χ1) is 6.63. The summed E-state index contributed by atoms with van der Waals surface area (Å²) < 4.78 is 30.6. The topological polar surface area (TPSA) is 55.4 Å². The minimum absolute atomic E-state index is 0.365. The fourth-order valence-electron chi connectivity index (χ4n) is 1.54. The predicted octanol–water partition coefficient (Wildman–Crippen LogP) is 0.530. The highest BCUT2D eigenvalue weighted by Gasteiger charge is 2.22. The molecule has 0 bridgehead atoms. The molecule has 0 atom stereocenters. The van der Waals surface area contributed by atoms with Gasteiger partial charge >= 0.3 is 0 Å². The second-order valence-corrected chi connectivity index (χ2v) is 4.86. The largest absolute Gasteiger partial charge is 0.497 e. The van der Waals surface area contributed by atoms with Gasteiger partial charge in [0.05, 0.1) is 12.0 Å². The number of sulfonamides is 1. The van der Waals surface area contributed by atoms with E-state index in [-0.39, 0.29) is 0 Å². The van der Waals surface area contributed by atoms with E-state index in [1.165, 1.54) is 0 Å². The van der Waals surface area contributed by atoms with Crippen molar-refractivity contribution in [2.45, 2.75) is 11.3 Å². The number of ether oxygens (including phenoxy) is 1. The molecule has 0 aliphatic carbocycles. The van der Waals surface area contributed by atoms with Crippen LogP contribution in [-0.4, -0.2) is 22.1 Å². The molecular weight excluding hydrogens is 202 g/mol. The van der Waals surface area contributed by atoms with Crippen molar-refractivity contribution in [3.8, 4) is 5.75 Å². The van der Waals surface area contributed by atoms with Crippen molar-refractivity contribution >= 4 is 10.0 Å². The van der Waals surface area contributed by atoms with Gasteiger partial charge in [-0.2, -0.15) is 0 Å². The van der Waals surface area contributed by atoms with Crippen LogP contribution < -0.4 is 9.46 Å². The molecule has 0 radical (unpaired) electrons.